The van der Waals surface area contributed by atoms with Crippen LogP contribution >= 0.6 is 0 Å². The number of nitrogens with zero attached hydrogens (tertiary/aromatic N) is 2. The monoisotopic (exact) mass is 407 g/mol. The Morgan fingerprint density at radius 1 is 1.13 bits per heavy atom. The van der Waals surface area contributed by atoms with Gasteiger partial charge in [-0.1, -0.05) is 30.3 Å². The van der Waals surface area contributed by atoms with Crippen LogP contribution in [-0.2, 0) is 11.2 Å². The topological polar surface area (TPSA) is 117 Å². The maximum atomic E-state index is 12.8. The number of aromatic nitrogens is 1. The standard InChI is InChI=1S/C22H25N5O3/c23-18(28)17-7-4-12-24-19(17)27-13-9-16(10-14-27)22(20(29)25-21(30)26-22)11-8-15-5-2-1-3-6-15/h1-7,12,16H,8-11,13-14H2,(H2,23,28)(H2,25,26,29,30)/t22-/m0/s1. The number of rotatable bonds is 6. The molecule has 1 aromatic heterocycles. The normalized spacial score (nSPS) is 21.9. The van der Waals surface area contributed by atoms with Gasteiger partial charge < -0.3 is 16.0 Å². The van der Waals surface area contributed by atoms with E-state index in [1.165, 1.54) is 0 Å². The zero-order valence-electron chi connectivity index (χ0n) is 16.6. The van der Waals surface area contributed by atoms with Gasteiger partial charge in [0.2, 0.25) is 0 Å². The second kappa shape index (κ2) is 8.14. The van der Waals surface area contributed by atoms with Gasteiger partial charge in [-0.05, 0) is 49.3 Å². The fraction of sp³-hybridized carbons (Fsp3) is 0.364. The number of carbonyl (C=O) groups excluding carboxylic acids is 3. The van der Waals surface area contributed by atoms with Gasteiger partial charge in [-0.3, -0.25) is 14.9 Å². The number of primary amides is 1. The molecule has 4 amide bonds. The SMILES string of the molecule is NC(=O)c1cccnc1N1CCC([C@]2(CCc3ccccc3)NC(=O)NC2=O)CC1. The molecule has 2 saturated heterocycles. The van der Waals surface area contributed by atoms with Gasteiger partial charge in [0.1, 0.15) is 11.4 Å². The molecule has 0 bridgehead atoms. The number of amides is 4. The van der Waals surface area contributed by atoms with Crippen molar-refractivity contribution in [2.75, 3.05) is 18.0 Å². The molecule has 4 rings (SSSR count). The van der Waals surface area contributed by atoms with E-state index in [-0.39, 0.29) is 11.8 Å². The minimum Gasteiger partial charge on any atom is -0.365 e. The van der Waals surface area contributed by atoms with Crippen LogP contribution in [0.25, 0.3) is 0 Å². The van der Waals surface area contributed by atoms with Crippen LogP contribution in [0.5, 0.6) is 0 Å². The molecule has 4 N–H and O–H groups in total. The molecule has 0 aliphatic carbocycles. The van der Waals surface area contributed by atoms with E-state index in [2.05, 4.69) is 15.6 Å². The number of imide groups is 1. The summed E-state index contributed by atoms with van der Waals surface area (Å²) in [4.78, 5) is 43.0. The van der Waals surface area contributed by atoms with Gasteiger partial charge >= 0.3 is 6.03 Å². The van der Waals surface area contributed by atoms with Crippen molar-refractivity contribution in [2.45, 2.75) is 31.2 Å². The van der Waals surface area contributed by atoms with Crippen molar-refractivity contribution in [3.8, 4) is 0 Å². The molecule has 1 aromatic carbocycles. The Balaban J connectivity index is 1.51. The first-order chi connectivity index (χ1) is 14.5. The van der Waals surface area contributed by atoms with Crippen LogP contribution in [0.15, 0.2) is 48.7 Å². The molecule has 0 spiro atoms. The van der Waals surface area contributed by atoms with E-state index in [9.17, 15) is 14.4 Å². The molecule has 2 aromatic rings. The zero-order chi connectivity index (χ0) is 21.1. The molecule has 2 aliphatic rings. The quantitative estimate of drug-likeness (QED) is 0.629. The van der Waals surface area contributed by atoms with E-state index in [1.807, 2.05) is 35.2 Å². The molecule has 2 aliphatic heterocycles. The first-order valence-corrected chi connectivity index (χ1v) is 10.2. The van der Waals surface area contributed by atoms with Crippen molar-refractivity contribution in [3.63, 3.8) is 0 Å². The molecule has 2 fully saturated rings. The van der Waals surface area contributed by atoms with Crippen LogP contribution in [0.3, 0.4) is 0 Å². The van der Waals surface area contributed by atoms with Crippen LogP contribution < -0.4 is 21.3 Å². The highest BCUT2D eigenvalue weighted by Crippen LogP contribution is 2.36. The van der Waals surface area contributed by atoms with E-state index >= 15 is 0 Å². The van der Waals surface area contributed by atoms with Crippen LogP contribution in [0.2, 0.25) is 0 Å². The van der Waals surface area contributed by atoms with Gasteiger partial charge in [0.15, 0.2) is 0 Å². The van der Waals surface area contributed by atoms with Crippen molar-refractivity contribution in [1.82, 2.24) is 15.6 Å². The minimum absolute atomic E-state index is 0.00958. The third-order valence-corrected chi connectivity index (χ3v) is 6.16. The molecular formula is C22H25N5O3. The Bertz CT molecular complexity index is 956. The maximum absolute atomic E-state index is 12.8. The Morgan fingerprint density at radius 2 is 1.87 bits per heavy atom. The van der Waals surface area contributed by atoms with Crippen LogP contribution in [0, 0.1) is 5.92 Å². The summed E-state index contributed by atoms with van der Waals surface area (Å²) in [5, 5.41) is 5.37. The Morgan fingerprint density at radius 3 is 2.50 bits per heavy atom. The number of pyridine rings is 1. The summed E-state index contributed by atoms with van der Waals surface area (Å²) in [6.07, 6.45) is 4.25. The largest absolute Gasteiger partial charge is 0.365 e. The fourth-order valence-corrected chi connectivity index (χ4v) is 4.58. The second-order valence-corrected chi connectivity index (χ2v) is 7.87. The van der Waals surface area contributed by atoms with Gasteiger partial charge in [-0.15, -0.1) is 0 Å². The van der Waals surface area contributed by atoms with Gasteiger partial charge in [-0.2, -0.15) is 0 Å². The summed E-state index contributed by atoms with van der Waals surface area (Å²) >= 11 is 0. The second-order valence-electron chi connectivity index (χ2n) is 7.87. The van der Waals surface area contributed by atoms with Gasteiger partial charge in [0.25, 0.3) is 11.8 Å². The number of anilines is 1. The Kier molecular flexibility index (Phi) is 5.39. The molecule has 8 nitrogen and oxygen atoms in total. The Hall–Kier alpha value is -3.42. The summed E-state index contributed by atoms with van der Waals surface area (Å²) < 4.78 is 0. The highest BCUT2D eigenvalue weighted by molar-refractivity contribution is 6.07. The highest BCUT2D eigenvalue weighted by Gasteiger charge is 2.51. The number of hydrogen-bond acceptors (Lipinski definition) is 5. The number of hydrogen-bond donors (Lipinski definition) is 3. The van der Waals surface area contributed by atoms with E-state index in [1.54, 1.807) is 18.3 Å². The number of piperidine rings is 1. The zero-order valence-corrected chi connectivity index (χ0v) is 16.6. The lowest BCUT2D eigenvalue weighted by Gasteiger charge is -2.41. The number of nitrogens with two attached hydrogens (primary N) is 1. The number of urea groups is 1. The molecule has 3 heterocycles. The van der Waals surface area contributed by atoms with Crippen LogP contribution in [0.1, 0.15) is 35.2 Å². The molecule has 0 radical (unpaired) electrons. The van der Waals surface area contributed by atoms with Gasteiger partial charge in [0.05, 0.1) is 5.56 Å². The predicted octanol–water partition coefficient (Wildman–Crippen LogP) is 1.61. The molecule has 30 heavy (non-hydrogen) atoms. The van der Waals surface area contributed by atoms with Crippen molar-refractivity contribution in [1.29, 1.82) is 0 Å². The van der Waals surface area contributed by atoms with Crippen molar-refractivity contribution >= 4 is 23.7 Å². The van der Waals surface area contributed by atoms with E-state index < -0.39 is 17.5 Å². The first kappa shape index (κ1) is 19.9. The lowest BCUT2D eigenvalue weighted by molar-refractivity contribution is -0.126. The molecule has 1 atom stereocenters. The Labute approximate surface area is 174 Å². The average Bonchev–Trinajstić information content (AvgIpc) is 3.07. The molecular weight excluding hydrogens is 382 g/mol. The predicted molar refractivity (Wildman–Crippen MR) is 112 cm³/mol. The number of benzene rings is 1. The number of aryl methyl sites for hydroxylation is 1. The van der Waals surface area contributed by atoms with Gasteiger partial charge in [-0.25, -0.2) is 9.78 Å². The third-order valence-electron chi connectivity index (χ3n) is 6.16. The van der Waals surface area contributed by atoms with Crippen LogP contribution in [0.4, 0.5) is 10.6 Å². The molecule has 156 valence electrons. The summed E-state index contributed by atoms with van der Waals surface area (Å²) in [6, 6.07) is 12.9. The van der Waals surface area contributed by atoms with Crippen molar-refractivity contribution < 1.29 is 14.4 Å². The summed E-state index contributed by atoms with van der Waals surface area (Å²) in [5.74, 6) is -0.203. The first-order valence-electron chi connectivity index (χ1n) is 10.2. The molecule has 0 saturated carbocycles. The lowest BCUT2D eigenvalue weighted by Crippen LogP contribution is -2.56. The van der Waals surface area contributed by atoms with Crippen molar-refractivity contribution in [3.05, 3.63) is 59.8 Å². The lowest BCUT2D eigenvalue weighted by atomic mass is 9.74. The third kappa shape index (κ3) is 3.72. The smallest absolute Gasteiger partial charge is 0.322 e. The fourth-order valence-electron chi connectivity index (χ4n) is 4.58. The minimum atomic E-state index is -0.921. The van der Waals surface area contributed by atoms with E-state index in [0.29, 0.717) is 50.2 Å². The summed E-state index contributed by atoms with van der Waals surface area (Å²) in [5.41, 5.74) is 6.09. The van der Waals surface area contributed by atoms with E-state index in [4.69, 9.17) is 5.73 Å². The summed E-state index contributed by atoms with van der Waals surface area (Å²) in [6.45, 7) is 1.25. The summed E-state index contributed by atoms with van der Waals surface area (Å²) in [7, 11) is 0. The molecule has 0 unspecified atom stereocenters. The van der Waals surface area contributed by atoms with Crippen LogP contribution in [-0.4, -0.2) is 41.5 Å². The molecule has 8 heteroatoms. The van der Waals surface area contributed by atoms with Gasteiger partial charge in [0, 0.05) is 19.3 Å². The average molecular weight is 407 g/mol. The van der Waals surface area contributed by atoms with E-state index in [0.717, 1.165) is 5.56 Å². The number of nitrogens with one attached hydrogen (secondary N) is 2. The maximum Gasteiger partial charge on any atom is 0.322 e. The highest BCUT2D eigenvalue weighted by atomic mass is 16.2. The number of carbonyl (C=O) groups is 3. The van der Waals surface area contributed by atoms with Crippen molar-refractivity contribution in [2.24, 2.45) is 11.7 Å².